The number of nitrogens with zero attached hydrogens (tertiary/aromatic N) is 1. The van der Waals surface area contributed by atoms with Gasteiger partial charge in [-0.05, 0) is 30.0 Å². The maximum atomic E-state index is 13.1. The molecule has 2 unspecified atom stereocenters. The lowest BCUT2D eigenvalue weighted by atomic mass is 9.82. The smallest absolute Gasteiger partial charge is 0.123 e. The molecule has 0 aliphatic heterocycles. The highest BCUT2D eigenvalue weighted by Crippen LogP contribution is 2.35. The first-order chi connectivity index (χ1) is 9.38. The Morgan fingerprint density at radius 3 is 2.35 bits per heavy atom. The van der Waals surface area contributed by atoms with Crippen LogP contribution in [-0.4, -0.2) is 4.98 Å². The predicted molar refractivity (Wildman–Crippen MR) is 82.3 cm³/mol. The van der Waals surface area contributed by atoms with Gasteiger partial charge in [0.2, 0.25) is 0 Å². The van der Waals surface area contributed by atoms with Crippen molar-refractivity contribution >= 4 is 11.3 Å². The minimum Gasteiger partial charge on any atom is -0.301 e. The van der Waals surface area contributed by atoms with E-state index in [0.717, 1.165) is 10.6 Å². The molecule has 20 heavy (non-hydrogen) atoms. The van der Waals surface area contributed by atoms with Crippen LogP contribution >= 0.6 is 11.3 Å². The molecule has 1 aromatic heterocycles. The zero-order chi connectivity index (χ0) is 14.8. The third kappa shape index (κ3) is 3.64. The van der Waals surface area contributed by atoms with Crippen LogP contribution in [0.2, 0.25) is 0 Å². The first-order valence-electron chi connectivity index (χ1n) is 6.79. The van der Waals surface area contributed by atoms with Gasteiger partial charge in [0.15, 0.2) is 0 Å². The molecular formula is C16H21FN2S. The highest BCUT2D eigenvalue weighted by Gasteiger charge is 2.28. The van der Waals surface area contributed by atoms with Gasteiger partial charge in [0, 0.05) is 17.6 Å². The van der Waals surface area contributed by atoms with Crippen LogP contribution in [0.1, 0.15) is 50.3 Å². The van der Waals surface area contributed by atoms with E-state index in [0.29, 0.717) is 0 Å². The molecule has 2 atom stereocenters. The number of thiazole rings is 1. The van der Waals surface area contributed by atoms with Crippen molar-refractivity contribution in [3.05, 3.63) is 52.2 Å². The van der Waals surface area contributed by atoms with Crippen molar-refractivity contribution < 1.29 is 4.39 Å². The van der Waals surface area contributed by atoms with Crippen LogP contribution in [0.3, 0.4) is 0 Å². The van der Waals surface area contributed by atoms with Crippen LogP contribution in [0.5, 0.6) is 0 Å². The average molecular weight is 292 g/mol. The molecular weight excluding hydrogens is 271 g/mol. The zero-order valence-corrected chi connectivity index (χ0v) is 13.2. The van der Waals surface area contributed by atoms with Crippen molar-refractivity contribution in [1.82, 2.24) is 10.3 Å². The van der Waals surface area contributed by atoms with Gasteiger partial charge in [0.1, 0.15) is 10.8 Å². The third-order valence-corrected chi connectivity index (χ3v) is 4.27. The Hall–Kier alpha value is -1.26. The van der Waals surface area contributed by atoms with E-state index >= 15 is 0 Å². The predicted octanol–water partition coefficient (Wildman–Crippen LogP) is 4.72. The van der Waals surface area contributed by atoms with Gasteiger partial charge in [-0.1, -0.05) is 32.9 Å². The van der Waals surface area contributed by atoms with Gasteiger partial charge in [-0.2, -0.15) is 0 Å². The molecule has 2 aromatic rings. The van der Waals surface area contributed by atoms with Gasteiger partial charge in [-0.25, -0.2) is 9.37 Å². The summed E-state index contributed by atoms with van der Waals surface area (Å²) in [5, 5.41) is 6.67. The normalized spacial score (nSPS) is 15.1. The maximum Gasteiger partial charge on any atom is 0.123 e. The quantitative estimate of drug-likeness (QED) is 0.882. The second-order valence-corrected chi connectivity index (χ2v) is 7.04. The Kier molecular flexibility index (Phi) is 4.55. The molecule has 0 radical (unpaired) electrons. The van der Waals surface area contributed by atoms with Crippen molar-refractivity contribution in [2.45, 2.75) is 39.8 Å². The first-order valence-corrected chi connectivity index (χ1v) is 7.67. The molecule has 1 heterocycles. The molecule has 0 spiro atoms. The molecule has 0 bridgehead atoms. The SMILES string of the molecule is CC(NC(c1ccc(F)cc1)C(C)(C)C)c1nccs1. The molecule has 0 amide bonds. The van der Waals surface area contributed by atoms with Crippen LogP contribution in [-0.2, 0) is 0 Å². The monoisotopic (exact) mass is 292 g/mol. The Bertz CT molecular complexity index is 529. The largest absolute Gasteiger partial charge is 0.301 e. The minimum absolute atomic E-state index is 0.0311. The summed E-state index contributed by atoms with van der Waals surface area (Å²) in [7, 11) is 0. The molecule has 0 saturated carbocycles. The maximum absolute atomic E-state index is 13.1. The summed E-state index contributed by atoms with van der Waals surface area (Å²) >= 11 is 1.65. The van der Waals surface area contributed by atoms with Gasteiger partial charge in [0.25, 0.3) is 0 Å². The number of benzene rings is 1. The zero-order valence-electron chi connectivity index (χ0n) is 12.4. The number of rotatable bonds is 4. The number of halogens is 1. The molecule has 0 saturated heterocycles. The Morgan fingerprint density at radius 2 is 1.85 bits per heavy atom. The summed E-state index contributed by atoms with van der Waals surface area (Å²) in [6.07, 6.45) is 1.82. The van der Waals surface area contributed by atoms with Crippen LogP contribution in [0.4, 0.5) is 4.39 Å². The van der Waals surface area contributed by atoms with Gasteiger partial charge < -0.3 is 5.32 Å². The van der Waals surface area contributed by atoms with Gasteiger partial charge in [-0.15, -0.1) is 11.3 Å². The van der Waals surface area contributed by atoms with E-state index in [2.05, 4.69) is 38.0 Å². The molecule has 0 aliphatic rings. The van der Waals surface area contributed by atoms with E-state index in [4.69, 9.17) is 0 Å². The minimum atomic E-state index is -0.200. The fraction of sp³-hybridized carbons (Fsp3) is 0.438. The van der Waals surface area contributed by atoms with Gasteiger partial charge >= 0.3 is 0 Å². The Morgan fingerprint density at radius 1 is 1.20 bits per heavy atom. The summed E-state index contributed by atoms with van der Waals surface area (Å²) in [6.45, 7) is 8.66. The molecule has 108 valence electrons. The van der Waals surface area contributed by atoms with Crippen molar-refractivity contribution in [2.24, 2.45) is 5.41 Å². The summed E-state index contributed by atoms with van der Waals surface area (Å²) in [4.78, 5) is 4.36. The number of nitrogens with one attached hydrogen (secondary N) is 1. The first kappa shape index (κ1) is 15.1. The number of aromatic nitrogens is 1. The highest BCUT2D eigenvalue weighted by molar-refractivity contribution is 7.09. The third-order valence-electron chi connectivity index (χ3n) is 3.31. The summed E-state index contributed by atoms with van der Waals surface area (Å²) in [6, 6.07) is 7.05. The van der Waals surface area contributed by atoms with E-state index in [-0.39, 0.29) is 23.3 Å². The molecule has 1 aromatic carbocycles. The van der Waals surface area contributed by atoms with E-state index < -0.39 is 0 Å². The summed E-state index contributed by atoms with van der Waals surface area (Å²) in [5.41, 5.74) is 1.13. The van der Waals surface area contributed by atoms with Crippen molar-refractivity contribution in [1.29, 1.82) is 0 Å². The molecule has 2 nitrogen and oxygen atoms in total. The lowest BCUT2D eigenvalue weighted by Gasteiger charge is -2.34. The van der Waals surface area contributed by atoms with Crippen LogP contribution in [0.15, 0.2) is 35.8 Å². The van der Waals surface area contributed by atoms with E-state index in [1.165, 1.54) is 12.1 Å². The van der Waals surface area contributed by atoms with Crippen molar-refractivity contribution in [3.8, 4) is 0 Å². The standard InChI is InChI=1S/C16H21FN2S/c1-11(15-18-9-10-20-15)19-14(16(2,3)4)12-5-7-13(17)8-6-12/h5-11,14,19H,1-4H3. The Labute approximate surface area is 124 Å². The second-order valence-electron chi connectivity index (χ2n) is 6.11. The lowest BCUT2D eigenvalue weighted by molar-refractivity contribution is 0.254. The van der Waals surface area contributed by atoms with Crippen LogP contribution in [0.25, 0.3) is 0 Å². The fourth-order valence-corrected chi connectivity index (χ4v) is 2.93. The highest BCUT2D eigenvalue weighted by atomic mass is 32.1. The van der Waals surface area contributed by atoms with Crippen molar-refractivity contribution in [2.75, 3.05) is 0 Å². The average Bonchev–Trinajstić information content (AvgIpc) is 2.89. The fourth-order valence-electron chi connectivity index (χ4n) is 2.27. The van der Waals surface area contributed by atoms with E-state index in [1.54, 1.807) is 11.3 Å². The molecule has 0 aliphatic carbocycles. The Balaban J connectivity index is 2.22. The molecule has 1 N–H and O–H groups in total. The van der Waals surface area contributed by atoms with Gasteiger partial charge in [-0.3, -0.25) is 0 Å². The van der Waals surface area contributed by atoms with Crippen molar-refractivity contribution in [3.63, 3.8) is 0 Å². The van der Waals surface area contributed by atoms with E-state index in [9.17, 15) is 4.39 Å². The molecule has 0 fully saturated rings. The summed E-state index contributed by atoms with van der Waals surface area (Å²) < 4.78 is 13.1. The van der Waals surface area contributed by atoms with E-state index in [1.807, 2.05) is 23.7 Å². The molecule has 2 rings (SSSR count). The van der Waals surface area contributed by atoms with Gasteiger partial charge in [0.05, 0.1) is 6.04 Å². The second kappa shape index (κ2) is 6.02. The number of hydrogen-bond donors (Lipinski definition) is 1. The van der Waals surface area contributed by atoms with Crippen LogP contribution in [0, 0.1) is 11.2 Å². The van der Waals surface area contributed by atoms with Crippen LogP contribution < -0.4 is 5.32 Å². The molecule has 4 heteroatoms. The summed E-state index contributed by atoms with van der Waals surface area (Å²) in [5.74, 6) is -0.200. The lowest BCUT2D eigenvalue weighted by Crippen LogP contribution is -2.34. The number of hydrogen-bond acceptors (Lipinski definition) is 3. The topological polar surface area (TPSA) is 24.9 Å².